The number of hydrazone groups is 1. The Labute approximate surface area is 155 Å². The second-order valence-electron chi connectivity index (χ2n) is 4.79. The van der Waals surface area contributed by atoms with Crippen LogP contribution in [0.5, 0.6) is 17.2 Å². The number of para-hydroxylation sites is 1. The molecular weight excluding hydrogens is 367 g/mol. The molecule has 0 aliphatic heterocycles. The van der Waals surface area contributed by atoms with E-state index in [1.807, 2.05) is 0 Å². The molecule has 25 heavy (non-hydrogen) atoms. The van der Waals surface area contributed by atoms with E-state index in [1.54, 1.807) is 37.3 Å². The number of amides is 1. The predicted octanol–water partition coefficient (Wildman–Crippen LogP) is 3.63. The molecule has 0 saturated carbocycles. The predicted molar refractivity (Wildman–Crippen MR) is 97.0 cm³/mol. The number of benzene rings is 2. The highest BCUT2D eigenvalue weighted by atomic mass is 35.5. The molecule has 0 unspecified atom stereocenters. The van der Waals surface area contributed by atoms with Crippen molar-refractivity contribution >= 4 is 35.3 Å². The van der Waals surface area contributed by atoms with Gasteiger partial charge in [-0.05, 0) is 36.8 Å². The fourth-order valence-electron chi connectivity index (χ4n) is 1.85. The molecule has 0 saturated heterocycles. The molecular formula is C17H16Cl2N2O4. The lowest BCUT2D eigenvalue weighted by atomic mass is 10.2. The number of ether oxygens (including phenoxy) is 2. The number of nitrogens with one attached hydrogen (secondary N) is 1. The van der Waals surface area contributed by atoms with Gasteiger partial charge in [-0.2, -0.15) is 5.10 Å². The minimum atomic E-state index is -0.453. The van der Waals surface area contributed by atoms with Gasteiger partial charge in [-0.25, -0.2) is 5.43 Å². The maximum Gasteiger partial charge on any atom is 0.277 e. The number of aromatic hydroxyl groups is 1. The van der Waals surface area contributed by atoms with E-state index in [0.717, 1.165) is 0 Å². The van der Waals surface area contributed by atoms with Crippen molar-refractivity contribution in [1.82, 2.24) is 5.43 Å². The van der Waals surface area contributed by atoms with E-state index in [9.17, 15) is 9.90 Å². The van der Waals surface area contributed by atoms with E-state index in [2.05, 4.69) is 10.5 Å². The third-order valence-electron chi connectivity index (χ3n) is 2.95. The average molecular weight is 383 g/mol. The first-order valence-electron chi connectivity index (χ1n) is 7.35. The smallest absolute Gasteiger partial charge is 0.277 e. The van der Waals surface area contributed by atoms with Gasteiger partial charge in [0, 0.05) is 0 Å². The molecule has 2 N–H and O–H groups in total. The summed E-state index contributed by atoms with van der Waals surface area (Å²) in [6, 6.07) is 9.89. The average Bonchev–Trinajstić information content (AvgIpc) is 2.58. The summed E-state index contributed by atoms with van der Waals surface area (Å²) in [6.45, 7) is 1.93. The minimum absolute atomic E-state index is 0.126. The molecule has 2 aromatic carbocycles. The third-order valence-corrected chi connectivity index (χ3v) is 3.55. The van der Waals surface area contributed by atoms with Gasteiger partial charge >= 0.3 is 0 Å². The zero-order valence-corrected chi connectivity index (χ0v) is 14.8. The van der Waals surface area contributed by atoms with Crippen LogP contribution >= 0.6 is 23.2 Å². The Morgan fingerprint density at radius 3 is 2.68 bits per heavy atom. The highest BCUT2D eigenvalue weighted by Crippen LogP contribution is 2.34. The number of hydrogen-bond donors (Lipinski definition) is 2. The van der Waals surface area contributed by atoms with E-state index in [-0.39, 0.29) is 23.1 Å². The third kappa shape index (κ3) is 5.55. The molecule has 0 aliphatic rings. The van der Waals surface area contributed by atoms with Crippen molar-refractivity contribution < 1.29 is 19.4 Å². The van der Waals surface area contributed by atoms with Crippen LogP contribution in [0.3, 0.4) is 0 Å². The number of phenolic OH excluding ortho intramolecular Hbond substituents is 1. The van der Waals surface area contributed by atoms with Crippen LogP contribution in [0.25, 0.3) is 0 Å². The molecule has 2 rings (SSSR count). The molecule has 0 aliphatic carbocycles. The van der Waals surface area contributed by atoms with Crippen LogP contribution in [0, 0.1) is 0 Å². The topological polar surface area (TPSA) is 80.2 Å². The van der Waals surface area contributed by atoms with Crippen LogP contribution in [0.2, 0.25) is 10.0 Å². The van der Waals surface area contributed by atoms with Gasteiger partial charge in [-0.3, -0.25) is 4.79 Å². The first kappa shape index (κ1) is 18.9. The van der Waals surface area contributed by atoms with Gasteiger partial charge in [0.2, 0.25) is 0 Å². The fourth-order valence-corrected chi connectivity index (χ4v) is 2.26. The lowest BCUT2D eigenvalue weighted by Gasteiger charge is -2.08. The Kier molecular flexibility index (Phi) is 6.91. The summed E-state index contributed by atoms with van der Waals surface area (Å²) < 4.78 is 10.6. The van der Waals surface area contributed by atoms with Crippen LogP contribution in [0.1, 0.15) is 12.5 Å². The lowest BCUT2D eigenvalue weighted by molar-refractivity contribution is -0.123. The molecule has 8 heteroatoms. The van der Waals surface area contributed by atoms with Gasteiger partial charge in [-0.15, -0.1) is 0 Å². The Hall–Kier alpha value is -2.44. The van der Waals surface area contributed by atoms with Crippen LogP contribution in [0.15, 0.2) is 41.5 Å². The summed E-state index contributed by atoms with van der Waals surface area (Å²) in [5.41, 5.74) is 2.88. The quantitative estimate of drug-likeness (QED) is 0.565. The highest BCUT2D eigenvalue weighted by molar-refractivity contribution is 6.32. The fraction of sp³-hybridized carbons (Fsp3) is 0.176. The Morgan fingerprint density at radius 2 is 1.96 bits per heavy atom. The first-order valence-corrected chi connectivity index (χ1v) is 8.11. The maximum atomic E-state index is 11.7. The Balaban J connectivity index is 1.92. The number of carbonyl (C=O) groups excluding carboxylic acids is 1. The highest BCUT2D eigenvalue weighted by Gasteiger charge is 2.09. The zero-order valence-electron chi connectivity index (χ0n) is 13.3. The largest absolute Gasteiger partial charge is 0.503 e. The van der Waals surface area contributed by atoms with Crippen LogP contribution in [0.4, 0.5) is 0 Å². The minimum Gasteiger partial charge on any atom is -0.503 e. The molecule has 1 amide bonds. The number of hydrogen-bond acceptors (Lipinski definition) is 5. The summed E-state index contributed by atoms with van der Waals surface area (Å²) in [7, 11) is 0. The molecule has 0 atom stereocenters. The lowest BCUT2D eigenvalue weighted by Crippen LogP contribution is -2.24. The summed E-state index contributed by atoms with van der Waals surface area (Å²) in [6.07, 6.45) is 1.38. The monoisotopic (exact) mass is 382 g/mol. The van der Waals surface area contributed by atoms with E-state index >= 15 is 0 Å². The molecule has 0 bridgehead atoms. The number of phenols is 1. The second kappa shape index (κ2) is 9.15. The van der Waals surface area contributed by atoms with E-state index in [4.69, 9.17) is 32.7 Å². The van der Waals surface area contributed by atoms with E-state index in [1.165, 1.54) is 12.3 Å². The van der Waals surface area contributed by atoms with Crippen molar-refractivity contribution in [2.45, 2.75) is 6.92 Å². The Bertz CT molecular complexity index is 781. The van der Waals surface area contributed by atoms with Crippen molar-refractivity contribution in [2.24, 2.45) is 5.10 Å². The normalized spacial score (nSPS) is 10.7. The van der Waals surface area contributed by atoms with Crippen molar-refractivity contribution in [3.05, 3.63) is 52.0 Å². The molecule has 132 valence electrons. The molecule has 0 heterocycles. The number of nitrogens with zero attached hydrogens (tertiary/aromatic N) is 1. The molecule has 0 aromatic heterocycles. The van der Waals surface area contributed by atoms with Gasteiger partial charge in [0.15, 0.2) is 18.1 Å². The van der Waals surface area contributed by atoms with Gasteiger partial charge < -0.3 is 14.6 Å². The molecule has 6 nitrogen and oxygen atoms in total. The van der Waals surface area contributed by atoms with E-state index in [0.29, 0.717) is 22.9 Å². The van der Waals surface area contributed by atoms with Crippen molar-refractivity contribution in [3.8, 4) is 17.2 Å². The zero-order chi connectivity index (χ0) is 18.2. The molecule has 2 aromatic rings. The van der Waals surface area contributed by atoms with Gasteiger partial charge in [0.1, 0.15) is 5.75 Å². The summed E-state index contributed by atoms with van der Waals surface area (Å²) in [5.74, 6) is 0.0590. The van der Waals surface area contributed by atoms with Crippen LogP contribution < -0.4 is 14.9 Å². The number of carbonyl (C=O) groups is 1. The molecule has 0 radical (unpaired) electrons. The summed E-state index contributed by atoms with van der Waals surface area (Å²) >= 11 is 11.8. The Morgan fingerprint density at radius 1 is 1.20 bits per heavy atom. The molecule has 0 spiro atoms. The summed E-state index contributed by atoms with van der Waals surface area (Å²) in [5, 5.41) is 14.1. The number of halogens is 2. The number of rotatable bonds is 7. The van der Waals surface area contributed by atoms with Gasteiger partial charge in [-0.1, -0.05) is 35.3 Å². The van der Waals surface area contributed by atoms with Gasteiger partial charge in [0.05, 0.1) is 22.9 Å². The maximum absolute atomic E-state index is 11.7. The van der Waals surface area contributed by atoms with Crippen molar-refractivity contribution in [2.75, 3.05) is 13.2 Å². The second-order valence-corrected chi connectivity index (χ2v) is 5.61. The van der Waals surface area contributed by atoms with Crippen LogP contribution in [-0.2, 0) is 4.79 Å². The first-order chi connectivity index (χ1) is 12.0. The van der Waals surface area contributed by atoms with Gasteiger partial charge in [0.25, 0.3) is 5.91 Å². The van der Waals surface area contributed by atoms with Crippen molar-refractivity contribution in [1.29, 1.82) is 0 Å². The SMILES string of the molecule is CCOc1cc(/C=N\NC(=O)COc2ccccc2Cl)cc(Cl)c1O. The van der Waals surface area contributed by atoms with E-state index < -0.39 is 5.91 Å². The molecule has 0 fully saturated rings. The standard InChI is InChI=1S/C17H16Cl2N2O4/c1-2-24-15-8-11(7-13(19)17(15)23)9-20-21-16(22)10-25-14-6-4-3-5-12(14)18/h3-9,23H,2,10H2,1H3,(H,21,22)/b20-9-. The van der Waals surface area contributed by atoms with Crippen LogP contribution in [-0.4, -0.2) is 30.4 Å². The van der Waals surface area contributed by atoms with Crippen molar-refractivity contribution in [3.63, 3.8) is 0 Å². The summed E-state index contributed by atoms with van der Waals surface area (Å²) in [4.78, 5) is 11.7.